The summed E-state index contributed by atoms with van der Waals surface area (Å²) in [5.74, 6) is 0. The third kappa shape index (κ3) is 3.21. The van der Waals surface area contributed by atoms with Gasteiger partial charge in [-0.15, -0.1) is 0 Å². The van der Waals surface area contributed by atoms with Crippen molar-refractivity contribution in [3.63, 3.8) is 0 Å². The molecule has 0 saturated carbocycles. The lowest BCUT2D eigenvalue weighted by Crippen LogP contribution is -2.30. The fraction of sp³-hybridized carbons (Fsp3) is 0.286. The molecule has 2 rings (SSSR count). The molecule has 2 aromatic rings. The van der Waals surface area contributed by atoms with Crippen LogP contribution in [0.3, 0.4) is 0 Å². The summed E-state index contributed by atoms with van der Waals surface area (Å²) < 4.78 is 1.59. The van der Waals surface area contributed by atoms with Crippen LogP contribution in [-0.2, 0) is 12.6 Å². The van der Waals surface area contributed by atoms with Crippen LogP contribution >= 0.6 is 0 Å². The number of aliphatic hydroxyl groups is 1. The number of rotatable bonds is 5. The first-order chi connectivity index (χ1) is 10.3. The van der Waals surface area contributed by atoms with Gasteiger partial charge in [-0.25, -0.2) is 0 Å². The van der Waals surface area contributed by atoms with Gasteiger partial charge in [-0.1, -0.05) is 0 Å². The average molecular weight is 301 g/mol. The molecule has 0 aliphatic heterocycles. The fourth-order valence-electron chi connectivity index (χ4n) is 1.97. The number of nitrogens with zero attached hydrogens (tertiary/aromatic N) is 4. The normalized spacial score (nSPS) is 13.2. The lowest BCUT2D eigenvalue weighted by molar-refractivity contribution is -0.385. The molecule has 0 unspecified atom stereocenters. The van der Waals surface area contributed by atoms with E-state index in [1.165, 1.54) is 18.2 Å². The van der Waals surface area contributed by atoms with Crippen molar-refractivity contribution >= 4 is 11.4 Å². The minimum atomic E-state index is -1.16. The Balaban J connectivity index is 2.15. The average Bonchev–Trinajstić information content (AvgIpc) is 2.92. The summed E-state index contributed by atoms with van der Waals surface area (Å²) in [5.41, 5.74) is -0.276. The highest BCUT2D eigenvalue weighted by atomic mass is 16.6. The Morgan fingerprint density at radius 1 is 1.59 bits per heavy atom. The van der Waals surface area contributed by atoms with Gasteiger partial charge in [0.2, 0.25) is 0 Å². The molecule has 8 heteroatoms. The Kier molecular flexibility index (Phi) is 4.10. The Hall–Kier alpha value is -2.92. The minimum absolute atomic E-state index is 0.0315. The Bertz CT molecular complexity index is 745. The molecule has 0 spiro atoms. The van der Waals surface area contributed by atoms with Crippen LogP contribution in [0.25, 0.3) is 0 Å². The van der Waals surface area contributed by atoms with Crippen molar-refractivity contribution in [1.82, 2.24) is 9.78 Å². The summed E-state index contributed by atoms with van der Waals surface area (Å²) in [7, 11) is 1.75. The second kappa shape index (κ2) is 5.83. The molecule has 0 amide bonds. The van der Waals surface area contributed by atoms with E-state index in [0.717, 1.165) is 0 Å². The van der Waals surface area contributed by atoms with Crippen molar-refractivity contribution in [3.05, 3.63) is 51.8 Å². The monoisotopic (exact) mass is 301 g/mol. The van der Waals surface area contributed by atoms with Gasteiger partial charge in [0.25, 0.3) is 5.69 Å². The van der Waals surface area contributed by atoms with Gasteiger partial charge in [-0.2, -0.15) is 10.4 Å². The first kappa shape index (κ1) is 15.5. The zero-order valence-electron chi connectivity index (χ0n) is 12.1. The molecule has 0 saturated heterocycles. The highest BCUT2D eigenvalue weighted by Gasteiger charge is 2.24. The molecule has 0 bridgehead atoms. The number of anilines is 1. The Morgan fingerprint density at radius 3 is 2.86 bits per heavy atom. The van der Waals surface area contributed by atoms with Crippen LogP contribution < -0.4 is 5.32 Å². The van der Waals surface area contributed by atoms with E-state index in [-0.39, 0.29) is 17.8 Å². The van der Waals surface area contributed by atoms with E-state index in [4.69, 9.17) is 5.26 Å². The van der Waals surface area contributed by atoms with Crippen LogP contribution in [0.1, 0.15) is 18.1 Å². The van der Waals surface area contributed by atoms with E-state index in [9.17, 15) is 15.2 Å². The van der Waals surface area contributed by atoms with Crippen molar-refractivity contribution in [2.75, 3.05) is 11.9 Å². The van der Waals surface area contributed by atoms with Crippen LogP contribution in [0.15, 0.2) is 30.6 Å². The number of aromatic nitrogens is 2. The van der Waals surface area contributed by atoms with E-state index in [2.05, 4.69) is 10.4 Å². The molecule has 1 aromatic carbocycles. The Labute approximate surface area is 126 Å². The SMILES string of the molecule is Cn1cc([C@@](C)(O)CNc2ccc([N+](=O)[O-])c(C#N)c2)cn1. The smallest absolute Gasteiger partial charge is 0.287 e. The number of hydrogen-bond donors (Lipinski definition) is 2. The standard InChI is InChI=1S/C14H15N5O3/c1-14(20,11-7-17-18(2)8-11)9-16-12-3-4-13(19(21)22)10(5-12)6-15/h3-5,7-8,16,20H,9H2,1-2H3/t14-/m0/s1. The number of nitriles is 1. The molecule has 2 N–H and O–H groups in total. The summed E-state index contributed by atoms with van der Waals surface area (Å²) >= 11 is 0. The number of aryl methyl sites for hydroxylation is 1. The topological polar surface area (TPSA) is 117 Å². The van der Waals surface area contributed by atoms with Gasteiger partial charge in [0.05, 0.1) is 11.1 Å². The van der Waals surface area contributed by atoms with Gasteiger partial charge in [-0.3, -0.25) is 14.8 Å². The second-order valence-corrected chi connectivity index (χ2v) is 5.13. The van der Waals surface area contributed by atoms with Gasteiger partial charge < -0.3 is 10.4 Å². The third-order valence-electron chi connectivity index (χ3n) is 3.28. The van der Waals surface area contributed by atoms with Crippen molar-refractivity contribution in [2.45, 2.75) is 12.5 Å². The zero-order valence-corrected chi connectivity index (χ0v) is 12.1. The first-order valence-corrected chi connectivity index (χ1v) is 6.47. The quantitative estimate of drug-likeness (QED) is 0.638. The van der Waals surface area contributed by atoms with Crippen LogP contribution in [-0.4, -0.2) is 26.4 Å². The number of hydrogen-bond acceptors (Lipinski definition) is 6. The van der Waals surface area contributed by atoms with Gasteiger partial charge >= 0.3 is 0 Å². The van der Waals surface area contributed by atoms with Crippen LogP contribution in [0.2, 0.25) is 0 Å². The van der Waals surface area contributed by atoms with E-state index < -0.39 is 10.5 Å². The molecule has 0 radical (unpaired) electrons. The molecule has 22 heavy (non-hydrogen) atoms. The summed E-state index contributed by atoms with van der Waals surface area (Å²) in [5, 5.41) is 37.2. The molecular formula is C14H15N5O3. The number of nitro benzene ring substituents is 1. The van der Waals surface area contributed by atoms with E-state index >= 15 is 0 Å². The molecule has 8 nitrogen and oxygen atoms in total. The number of nitrogens with one attached hydrogen (secondary N) is 1. The number of benzene rings is 1. The minimum Gasteiger partial charge on any atom is -0.383 e. The van der Waals surface area contributed by atoms with Gasteiger partial charge in [0.1, 0.15) is 17.2 Å². The van der Waals surface area contributed by atoms with Gasteiger partial charge in [-0.05, 0) is 19.1 Å². The maximum atomic E-state index is 10.8. The zero-order chi connectivity index (χ0) is 16.3. The predicted octanol–water partition coefficient (Wildman–Crippen LogP) is 1.52. The van der Waals surface area contributed by atoms with Crippen LogP contribution in [0.5, 0.6) is 0 Å². The molecule has 0 aliphatic carbocycles. The van der Waals surface area contributed by atoms with Crippen LogP contribution in [0.4, 0.5) is 11.4 Å². The van der Waals surface area contributed by atoms with Crippen LogP contribution in [0, 0.1) is 21.4 Å². The summed E-state index contributed by atoms with van der Waals surface area (Å²) in [6.07, 6.45) is 3.27. The summed E-state index contributed by atoms with van der Waals surface area (Å²) in [6, 6.07) is 5.94. The summed E-state index contributed by atoms with van der Waals surface area (Å²) in [6.45, 7) is 1.80. The van der Waals surface area contributed by atoms with E-state index in [1.807, 2.05) is 0 Å². The maximum absolute atomic E-state index is 10.8. The molecule has 1 aromatic heterocycles. The fourth-order valence-corrected chi connectivity index (χ4v) is 1.97. The molecule has 1 atom stereocenters. The van der Waals surface area contributed by atoms with Gasteiger partial charge in [0.15, 0.2) is 0 Å². The Morgan fingerprint density at radius 2 is 2.32 bits per heavy atom. The van der Waals surface area contributed by atoms with Crippen molar-refractivity contribution in [2.24, 2.45) is 7.05 Å². The molecule has 1 heterocycles. The molecule has 0 aliphatic rings. The largest absolute Gasteiger partial charge is 0.383 e. The molecule has 114 valence electrons. The predicted molar refractivity (Wildman–Crippen MR) is 79.1 cm³/mol. The van der Waals surface area contributed by atoms with Crippen molar-refractivity contribution in [3.8, 4) is 6.07 Å². The second-order valence-electron chi connectivity index (χ2n) is 5.13. The van der Waals surface area contributed by atoms with E-state index in [0.29, 0.717) is 11.3 Å². The number of nitro groups is 1. The highest BCUT2D eigenvalue weighted by Crippen LogP contribution is 2.24. The lowest BCUT2D eigenvalue weighted by atomic mass is 9.99. The molecular weight excluding hydrogens is 286 g/mol. The third-order valence-corrected chi connectivity index (χ3v) is 3.28. The highest BCUT2D eigenvalue weighted by molar-refractivity contribution is 5.58. The summed E-state index contributed by atoms with van der Waals surface area (Å²) in [4.78, 5) is 10.2. The maximum Gasteiger partial charge on any atom is 0.287 e. The van der Waals surface area contributed by atoms with Crippen molar-refractivity contribution < 1.29 is 10.0 Å². The van der Waals surface area contributed by atoms with Crippen molar-refractivity contribution in [1.29, 1.82) is 5.26 Å². The first-order valence-electron chi connectivity index (χ1n) is 6.47. The van der Waals surface area contributed by atoms with E-state index in [1.54, 1.807) is 37.1 Å². The lowest BCUT2D eigenvalue weighted by Gasteiger charge is -2.23. The molecule has 0 fully saturated rings. The van der Waals surface area contributed by atoms with Gasteiger partial charge in [0, 0.05) is 37.1 Å².